The minimum Gasteiger partial charge on any atom is -0.409 e. The van der Waals surface area contributed by atoms with E-state index in [-0.39, 0.29) is 5.84 Å². The van der Waals surface area contributed by atoms with Crippen LogP contribution >= 0.6 is 11.8 Å². The molecule has 1 aliphatic rings. The average Bonchev–Trinajstić information content (AvgIpc) is 2.42. The molecule has 0 saturated heterocycles. The van der Waals surface area contributed by atoms with Crippen LogP contribution in [0.1, 0.15) is 36.0 Å². The highest BCUT2D eigenvalue weighted by molar-refractivity contribution is 8.00. The minimum absolute atomic E-state index is 0.156. The lowest BCUT2D eigenvalue weighted by Crippen LogP contribution is -2.43. The molecular weight excluding hydrogens is 270 g/mol. The lowest BCUT2D eigenvalue weighted by atomic mass is 9.84. The summed E-state index contributed by atoms with van der Waals surface area (Å²) < 4.78 is 0.460. The Morgan fingerprint density at radius 1 is 1.50 bits per heavy atom. The van der Waals surface area contributed by atoms with Crippen molar-refractivity contribution in [1.82, 2.24) is 5.32 Å². The second kappa shape index (κ2) is 6.50. The molecule has 0 amide bonds. The molecule has 0 atom stereocenters. The molecule has 1 saturated carbocycles. The molecule has 0 aromatic heterocycles. The predicted molar refractivity (Wildman–Crippen MR) is 85.5 cm³/mol. The van der Waals surface area contributed by atoms with E-state index in [1.165, 1.54) is 24.8 Å². The molecule has 4 nitrogen and oxygen atoms in total. The number of nitrogens with one attached hydrogen (secondary N) is 1. The van der Waals surface area contributed by atoms with Crippen LogP contribution in [0.5, 0.6) is 0 Å². The van der Waals surface area contributed by atoms with Gasteiger partial charge in [0, 0.05) is 23.4 Å². The number of amidine groups is 1. The smallest absolute Gasteiger partial charge is 0.170 e. The van der Waals surface area contributed by atoms with Gasteiger partial charge in [-0.1, -0.05) is 23.7 Å². The van der Waals surface area contributed by atoms with Crippen LogP contribution < -0.4 is 11.1 Å². The summed E-state index contributed by atoms with van der Waals surface area (Å²) >= 11 is 1.99. The van der Waals surface area contributed by atoms with Crippen LogP contribution in [0.3, 0.4) is 0 Å². The number of rotatable bonds is 6. The molecule has 5 heteroatoms. The van der Waals surface area contributed by atoms with Crippen molar-refractivity contribution in [2.24, 2.45) is 10.9 Å². The summed E-state index contributed by atoms with van der Waals surface area (Å²) in [7, 11) is 0. The van der Waals surface area contributed by atoms with E-state index in [1.54, 1.807) is 0 Å². The zero-order valence-electron chi connectivity index (χ0n) is 12.1. The zero-order chi connectivity index (χ0) is 14.6. The van der Waals surface area contributed by atoms with Crippen molar-refractivity contribution in [3.63, 3.8) is 0 Å². The van der Waals surface area contributed by atoms with Gasteiger partial charge in [-0.05, 0) is 43.2 Å². The molecule has 0 bridgehead atoms. The van der Waals surface area contributed by atoms with Gasteiger partial charge in [-0.3, -0.25) is 0 Å². The number of aryl methyl sites for hydroxylation is 1. The molecule has 0 radical (unpaired) electrons. The van der Waals surface area contributed by atoms with E-state index in [1.807, 2.05) is 30.0 Å². The van der Waals surface area contributed by atoms with E-state index in [0.717, 1.165) is 24.2 Å². The Bertz CT molecular complexity index is 492. The Balaban J connectivity index is 1.93. The molecule has 4 N–H and O–H groups in total. The van der Waals surface area contributed by atoms with Crippen molar-refractivity contribution in [1.29, 1.82) is 0 Å². The standard InChI is InChI=1S/C15H23N3OS/c1-11-8-12(14(16)18-19)4-5-13(11)9-17-10-15(20-2)6-3-7-15/h4-5,8,17,19H,3,6-7,9-10H2,1-2H3,(H2,16,18). The van der Waals surface area contributed by atoms with E-state index < -0.39 is 0 Å². The summed E-state index contributed by atoms with van der Waals surface area (Å²) in [6, 6.07) is 5.90. The summed E-state index contributed by atoms with van der Waals surface area (Å²) in [6.07, 6.45) is 6.21. The highest BCUT2D eigenvalue weighted by Crippen LogP contribution is 2.42. The zero-order valence-corrected chi connectivity index (χ0v) is 13.0. The summed E-state index contributed by atoms with van der Waals surface area (Å²) in [5, 5.41) is 15.3. The molecule has 0 heterocycles. The highest BCUT2D eigenvalue weighted by atomic mass is 32.2. The van der Waals surface area contributed by atoms with Crippen molar-refractivity contribution in [3.8, 4) is 0 Å². The maximum absolute atomic E-state index is 8.69. The normalized spacial score (nSPS) is 17.8. The molecular formula is C15H23N3OS. The Labute approximate surface area is 124 Å². The van der Waals surface area contributed by atoms with Gasteiger partial charge in [0.25, 0.3) is 0 Å². The average molecular weight is 293 g/mol. The number of hydrogen-bond donors (Lipinski definition) is 3. The third-order valence-electron chi connectivity index (χ3n) is 4.21. The van der Waals surface area contributed by atoms with Crippen molar-refractivity contribution in [3.05, 3.63) is 34.9 Å². The monoisotopic (exact) mass is 293 g/mol. The van der Waals surface area contributed by atoms with Gasteiger partial charge in [-0.25, -0.2) is 0 Å². The van der Waals surface area contributed by atoms with Crippen LogP contribution in [0.2, 0.25) is 0 Å². The summed E-state index contributed by atoms with van der Waals surface area (Å²) in [5.74, 6) is 0.156. The fourth-order valence-corrected chi connectivity index (χ4v) is 3.50. The number of nitrogens with two attached hydrogens (primary N) is 1. The second-order valence-electron chi connectivity index (χ2n) is 5.47. The number of oxime groups is 1. The number of hydrogen-bond acceptors (Lipinski definition) is 4. The molecule has 1 aromatic carbocycles. The van der Waals surface area contributed by atoms with Crippen molar-refractivity contribution < 1.29 is 5.21 Å². The molecule has 110 valence electrons. The lowest BCUT2D eigenvalue weighted by Gasteiger charge is -2.40. The number of thioether (sulfide) groups is 1. The van der Waals surface area contributed by atoms with E-state index in [2.05, 4.69) is 23.7 Å². The third kappa shape index (κ3) is 3.27. The quantitative estimate of drug-likeness (QED) is 0.326. The molecule has 0 spiro atoms. The Hall–Kier alpha value is -1.20. The van der Waals surface area contributed by atoms with Gasteiger partial charge in [0.2, 0.25) is 0 Å². The number of benzene rings is 1. The van der Waals surface area contributed by atoms with E-state index >= 15 is 0 Å². The first-order valence-electron chi connectivity index (χ1n) is 6.93. The van der Waals surface area contributed by atoms with Gasteiger partial charge in [-0.15, -0.1) is 0 Å². The minimum atomic E-state index is 0.156. The van der Waals surface area contributed by atoms with Gasteiger partial charge in [0.05, 0.1) is 0 Å². The molecule has 0 aliphatic heterocycles. The van der Waals surface area contributed by atoms with Crippen molar-refractivity contribution in [2.45, 2.75) is 37.5 Å². The summed E-state index contributed by atoms with van der Waals surface area (Å²) in [6.45, 7) is 3.99. The van der Waals surface area contributed by atoms with Crippen molar-refractivity contribution in [2.75, 3.05) is 12.8 Å². The van der Waals surface area contributed by atoms with Crippen LogP contribution in [0.4, 0.5) is 0 Å². The SMILES string of the molecule is CSC1(CNCc2ccc(/C(N)=N/O)cc2C)CCC1. The first-order chi connectivity index (χ1) is 9.60. The second-order valence-corrected chi connectivity index (χ2v) is 6.75. The first kappa shape index (κ1) is 15.2. The molecule has 2 rings (SSSR count). The van der Waals surface area contributed by atoms with Gasteiger partial charge in [0.15, 0.2) is 5.84 Å². The fraction of sp³-hybridized carbons (Fsp3) is 0.533. The molecule has 1 aliphatic carbocycles. The maximum Gasteiger partial charge on any atom is 0.170 e. The lowest BCUT2D eigenvalue weighted by molar-refractivity contribution is 0.318. The van der Waals surface area contributed by atoms with Crippen molar-refractivity contribution >= 4 is 17.6 Å². The van der Waals surface area contributed by atoms with Crippen LogP contribution in [-0.4, -0.2) is 28.6 Å². The summed E-state index contributed by atoms with van der Waals surface area (Å²) in [4.78, 5) is 0. The topological polar surface area (TPSA) is 70.6 Å². The summed E-state index contributed by atoms with van der Waals surface area (Å²) in [5.41, 5.74) is 8.77. The largest absolute Gasteiger partial charge is 0.409 e. The highest BCUT2D eigenvalue weighted by Gasteiger charge is 2.35. The fourth-order valence-electron chi connectivity index (χ4n) is 2.56. The molecule has 1 aromatic rings. The van der Waals surface area contributed by atoms with Gasteiger partial charge in [-0.2, -0.15) is 11.8 Å². The molecule has 0 unspecified atom stereocenters. The Morgan fingerprint density at radius 2 is 2.25 bits per heavy atom. The molecule has 20 heavy (non-hydrogen) atoms. The maximum atomic E-state index is 8.69. The third-order valence-corrected chi connectivity index (χ3v) is 5.63. The predicted octanol–water partition coefficient (Wildman–Crippen LogP) is 2.46. The van der Waals surface area contributed by atoms with E-state index in [4.69, 9.17) is 10.9 Å². The molecule has 1 fully saturated rings. The Kier molecular flexibility index (Phi) is 4.94. The van der Waals surface area contributed by atoms with Gasteiger partial charge < -0.3 is 16.3 Å². The first-order valence-corrected chi connectivity index (χ1v) is 8.16. The van der Waals surface area contributed by atoms with Gasteiger partial charge >= 0.3 is 0 Å². The number of nitrogens with zero attached hydrogens (tertiary/aromatic N) is 1. The van der Waals surface area contributed by atoms with Crippen LogP contribution in [0.15, 0.2) is 23.4 Å². The van der Waals surface area contributed by atoms with Gasteiger partial charge in [0.1, 0.15) is 0 Å². The van der Waals surface area contributed by atoms with E-state index in [9.17, 15) is 0 Å². The van der Waals surface area contributed by atoms with Crippen LogP contribution in [0, 0.1) is 6.92 Å². The Morgan fingerprint density at radius 3 is 2.75 bits per heavy atom. The van der Waals surface area contributed by atoms with E-state index in [0.29, 0.717) is 4.75 Å². The van der Waals surface area contributed by atoms with Crippen LogP contribution in [-0.2, 0) is 6.54 Å². The van der Waals surface area contributed by atoms with Crippen LogP contribution in [0.25, 0.3) is 0 Å².